The Balaban J connectivity index is 2.42. The topological polar surface area (TPSA) is 69.6 Å². The van der Waals surface area contributed by atoms with E-state index in [0.717, 1.165) is 4.47 Å². The highest BCUT2D eigenvalue weighted by Crippen LogP contribution is 2.29. The van der Waals surface area contributed by atoms with Gasteiger partial charge in [-0.15, -0.1) is 0 Å². The molecule has 20 heavy (non-hydrogen) atoms. The van der Waals surface area contributed by atoms with Crippen molar-refractivity contribution in [2.24, 2.45) is 0 Å². The summed E-state index contributed by atoms with van der Waals surface area (Å²) in [5.41, 5.74) is -0.183. The van der Waals surface area contributed by atoms with Gasteiger partial charge >= 0.3 is 5.97 Å². The normalized spacial score (nSPS) is 13.5. The van der Waals surface area contributed by atoms with Gasteiger partial charge in [0.2, 0.25) is 0 Å². The number of hydrogen-bond acceptors (Lipinski definition) is 3. The van der Waals surface area contributed by atoms with Crippen molar-refractivity contribution in [2.45, 2.75) is 12.5 Å². The third kappa shape index (κ3) is 2.93. The van der Waals surface area contributed by atoms with Gasteiger partial charge in [-0.25, -0.2) is 4.79 Å². The first kappa shape index (κ1) is 14.4. The summed E-state index contributed by atoms with van der Waals surface area (Å²) in [5.74, 6) is -0.992. The van der Waals surface area contributed by atoms with Gasteiger partial charge in [0, 0.05) is 10.2 Å². The molecular weight excluding hydrogens is 322 g/mol. The largest absolute Gasteiger partial charge is 0.508 e. The Bertz CT molecular complexity index is 645. The van der Waals surface area contributed by atoms with Gasteiger partial charge in [0.25, 0.3) is 0 Å². The molecule has 0 aliphatic heterocycles. The van der Waals surface area contributed by atoms with Crippen LogP contribution in [0.5, 0.6) is 5.75 Å². The molecule has 2 aromatic carbocycles. The SMILES string of the molecule is CC(Nc1cccc(Br)c1)(C(=O)O)c1cccc(O)c1. The van der Waals surface area contributed by atoms with Gasteiger partial charge in [-0.1, -0.05) is 34.1 Å². The molecule has 1 unspecified atom stereocenters. The number of anilines is 1. The molecule has 0 fully saturated rings. The molecular formula is C15H14BrNO3. The fraction of sp³-hybridized carbons (Fsp3) is 0.133. The first-order valence-corrected chi connectivity index (χ1v) is 6.78. The monoisotopic (exact) mass is 335 g/mol. The molecule has 4 nitrogen and oxygen atoms in total. The molecule has 0 heterocycles. The number of aliphatic carboxylic acids is 1. The molecule has 2 aromatic rings. The van der Waals surface area contributed by atoms with Gasteiger partial charge in [0.1, 0.15) is 5.75 Å². The highest BCUT2D eigenvalue weighted by molar-refractivity contribution is 9.10. The number of halogens is 1. The van der Waals surface area contributed by atoms with Crippen molar-refractivity contribution < 1.29 is 15.0 Å². The van der Waals surface area contributed by atoms with Crippen LogP contribution in [0.1, 0.15) is 12.5 Å². The van der Waals surface area contributed by atoms with Crippen LogP contribution >= 0.6 is 15.9 Å². The smallest absolute Gasteiger partial charge is 0.333 e. The fourth-order valence-corrected chi connectivity index (χ4v) is 2.32. The van der Waals surface area contributed by atoms with Gasteiger partial charge in [-0.2, -0.15) is 0 Å². The van der Waals surface area contributed by atoms with E-state index in [1.54, 1.807) is 31.2 Å². The lowest BCUT2D eigenvalue weighted by Crippen LogP contribution is -2.40. The Morgan fingerprint density at radius 2 is 1.90 bits per heavy atom. The molecule has 0 radical (unpaired) electrons. The third-order valence-corrected chi connectivity index (χ3v) is 3.56. The zero-order valence-corrected chi connectivity index (χ0v) is 12.4. The Morgan fingerprint density at radius 1 is 1.20 bits per heavy atom. The molecule has 0 saturated heterocycles. The molecule has 0 aliphatic rings. The number of carbonyl (C=O) groups is 1. The minimum absolute atomic E-state index is 0.0333. The highest BCUT2D eigenvalue weighted by Gasteiger charge is 2.35. The Labute approximate surface area is 125 Å². The number of phenolic OH excluding ortho intramolecular Hbond substituents is 1. The average molecular weight is 336 g/mol. The second-order valence-corrected chi connectivity index (χ2v) is 5.53. The van der Waals surface area contributed by atoms with Crippen molar-refractivity contribution in [3.63, 3.8) is 0 Å². The van der Waals surface area contributed by atoms with E-state index in [-0.39, 0.29) is 5.75 Å². The Hall–Kier alpha value is -2.01. The quantitative estimate of drug-likeness (QED) is 0.798. The van der Waals surface area contributed by atoms with Crippen LogP contribution in [0.2, 0.25) is 0 Å². The third-order valence-electron chi connectivity index (χ3n) is 3.07. The number of carboxylic acid groups (broad SMARTS) is 1. The van der Waals surface area contributed by atoms with Gasteiger partial charge in [-0.3, -0.25) is 0 Å². The molecule has 0 saturated carbocycles. The molecule has 3 N–H and O–H groups in total. The van der Waals surface area contributed by atoms with Crippen LogP contribution in [-0.2, 0) is 10.3 Å². The molecule has 0 aliphatic carbocycles. The van der Waals surface area contributed by atoms with Crippen LogP contribution in [0, 0.1) is 0 Å². The number of carboxylic acids is 1. The van der Waals surface area contributed by atoms with Crippen LogP contribution in [0.25, 0.3) is 0 Å². The number of hydrogen-bond donors (Lipinski definition) is 3. The number of phenols is 1. The molecule has 0 bridgehead atoms. The molecule has 0 aromatic heterocycles. The summed E-state index contributed by atoms with van der Waals surface area (Å²) in [5, 5.41) is 22.1. The van der Waals surface area contributed by atoms with E-state index in [1.807, 2.05) is 12.1 Å². The second-order valence-electron chi connectivity index (χ2n) is 4.62. The van der Waals surface area contributed by atoms with Crippen molar-refractivity contribution in [3.05, 3.63) is 58.6 Å². The average Bonchev–Trinajstić information content (AvgIpc) is 2.38. The summed E-state index contributed by atoms with van der Waals surface area (Å²) in [6.45, 7) is 1.56. The van der Waals surface area contributed by atoms with Crippen molar-refractivity contribution in [1.82, 2.24) is 0 Å². The Kier molecular flexibility index (Phi) is 3.99. The highest BCUT2D eigenvalue weighted by atomic mass is 79.9. The van der Waals surface area contributed by atoms with Crippen LogP contribution < -0.4 is 5.32 Å². The van der Waals surface area contributed by atoms with Gasteiger partial charge in [0.15, 0.2) is 5.54 Å². The van der Waals surface area contributed by atoms with Gasteiger partial charge in [-0.05, 0) is 42.8 Å². The van der Waals surface area contributed by atoms with E-state index in [4.69, 9.17) is 0 Å². The summed E-state index contributed by atoms with van der Waals surface area (Å²) < 4.78 is 0.853. The van der Waals surface area contributed by atoms with Crippen LogP contribution in [0.15, 0.2) is 53.0 Å². The van der Waals surface area contributed by atoms with Crippen LogP contribution in [0.3, 0.4) is 0 Å². The summed E-state index contributed by atoms with van der Waals surface area (Å²) in [6, 6.07) is 13.5. The standard InChI is InChI=1S/C15H14BrNO3/c1-15(14(19)20,10-4-2-7-13(18)8-10)17-12-6-3-5-11(16)9-12/h2-9,17-18H,1H3,(H,19,20). The Morgan fingerprint density at radius 3 is 2.50 bits per heavy atom. The van der Waals surface area contributed by atoms with E-state index >= 15 is 0 Å². The van der Waals surface area contributed by atoms with E-state index in [9.17, 15) is 15.0 Å². The predicted octanol–water partition coefficient (Wildman–Crippen LogP) is 3.57. The first-order valence-electron chi connectivity index (χ1n) is 5.98. The van der Waals surface area contributed by atoms with Crippen molar-refractivity contribution >= 4 is 27.6 Å². The van der Waals surface area contributed by atoms with E-state index < -0.39 is 11.5 Å². The summed E-state index contributed by atoms with van der Waals surface area (Å²) >= 11 is 3.35. The zero-order chi connectivity index (χ0) is 14.8. The van der Waals surface area contributed by atoms with E-state index in [0.29, 0.717) is 11.3 Å². The lowest BCUT2D eigenvalue weighted by molar-refractivity contribution is -0.142. The molecule has 2 rings (SSSR count). The second kappa shape index (κ2) is 5.54. The maximum atomic E-state index is 11.7. The van der Waals surface area contributed by atoms with E-state index in [1.165, 1.54) is 12.1 Å². The zero-order valence-electron chi connectivity index (χ0n) is 10.8. The van der Waals surface area contributed by atoms with Crippen LogP contribution in [-0.4, -0.2) is 16.2 Å². The summed E-state index contributed by atoms with van der Waals surface area (Å²) in [6.07, 6.45) is 0. The molecule has 0 spiro atoms. The number of benzene rings is 2. The molecule has 1 atom stereocenters. The van der Waals surface area contributed by atoms with E-state index in [2.05, 4.69) is 21.2 Å². The van der Waals surface area contributed by atoms with Crippen molar-refractivity contribution in [1.29, 1.82) is 0 Å². The van der Waals surface area contributed by atoms with Crippen molar-refractivity contribution in [2.75, 3.05) is 5.32 Å². The van der Waals surface area contributed by atoms with Gasteiger partial charge < -0.3 is 15.5 Å². The van der Waals surface area contributed by atoms with Crippen molar-refractivity contribution in [3.8, 4) is 5.75 Å². The fourth-order valence-electron chi connectivity index (χ4n) is 1.92. The first-order chi connectivity index (χ1) is 9.41. The number of aromatic hydroxyl groups is 1. The molecule has 5 heteroatoms. The minimum Gasteiger partial charge on any atom is -0.508 e. The molecule has 0 amide bonds. The predicted molar refractivity (Wildman–Crippen MR) is 80.9 cm³/mol. The summed E-state index contributed by atoms with van der Waals surface area (Å²) in [7, 11) is 0. The van der Waals surface area contributed by atoms with Gasteiger partial charge in [0.05, 0.1) is 0 Å². The minimum atomic E-state index is -1.33. The maximum absolute atomic E-state index is 11.7. The number of nitrogens with one attached hydrogen (secondary N) is 1. The van der Waals surface area contributed by atoms with Crippen LogP contribution in [0.4, 0.5) is 5.69 Å². The number of rotatable bonds is 4. The summed E-state index contributed by atoms with van der Waals surface area (Å²) in [4.78, 5) is 11.7. The maximum Gasteiger partial charge on any atom is 0.333 e. The molecule has 104 valence electrons. The lowest BCUT2D eigenvalue weighted by Gasteiger charge is -2.28. The lowest BCUT2D eigenvalue weighted by atomic mass is 9.91.